The van der Waals surface area contributed by atoms with Gasteiger partial charge in [-0.1, -0.05) is 24.3 Å². The van der Waals surface area contributed by atoms with Crippen LogP contribution in [-0.2, 0) is 0 Å². The van der Waals surface area contributed by atoms with Gasteiger partial charge in [-0.25, -0.2) is 4.98 Å². The number of carbonyl (C=O) groups is 1. The Morgan fingerprint density at radius 1 is 1.28 bits per heavy atom. The summed E-state index contributed by atoms with van der Waals surface area (Å²) in [5.74, 6) is 0.0873. The molecule has 2 aliphatic rings. The smallest absolute Gasteiger partial charge is 0.257 e. The van der Waals surface area contributed by atoms with Crippen molar-refractivity contribution in [1.82, 2.24) is 14.5 Å². The molecule has 1 aromatic heterocycles. The van der Waals surface area contributed by atoms with Gasteiger partial charge in [0.1, 0.15) is 0 Å². The second-order valence-corrected chi connectivity index (χ2v) is 4.54. The van der Waals surface area contributed by atoms with Crippen molar-refractivity contribution in [1.29, 1.82) is 0 Å². The maximum absolute atomic E-state index is 12.5. The Balaban J connectivity index is 2.06. The number of rotatable bonds is 0. The van der Waals surface area contributed by atoms with Crippen LogP contribution < -0.4 is 0 Å². The lowest BCUT2D eigenvalue weighted by molar-refractivity contribution is 0.0752. The highest BCUT2D eigenvalue weighted by Gasteiger charge is 2.33. The molecule has 4 heteroatoms. The quantitative estimate of drug-likeness (QED) is 0.657. The lowest BCUT2D eigenvalue weighted by Gasteiger charge is -2.21. The fourth-order valence-electron chi connectivity index (χ4n) is 2.73. The predicted octanol–water partition coefficient (Wildman–Crippen LogP) is 1.94. The van der Waals surface area contributed by atoms with Crippen LogP contribution in [0.4, 0.5) is 0 Å². The van der Waals surface area contributed by atoms with Crippen LogP contribution in [0.1, 0.15) is 22.1 Å². The second kappa shape index (κ2) is 3.32. The van der Waals surface area contributed by atoms with Crippen LogP contribution in [-0.4, -0.2) is 26.9 Å². The van der Waals surface area contributed by atoms with E-state index in [9.17, 15) is 4.79 Å². The Morgan fingerprint density at radius 2 is 2.17 bits per heavy atom. The molecule has 0 saturated heterocycles. The highest BCUT2D eigenvalue weighted by Crippen LogP contribution is 2.34. The Hall–Kier alpha value is -2.36. The topological polar surface area (TPSA) is 38.1 Å². The van der Waals surface area contributed by atoms with E-state index in [1.165, 1.54) is 0 Å². The fraction of sp³-hybridized carbons (Fsp3) is 0.143. The van der Waals surface area contributed by atoms with E-state index in [0.717, 1.165) is 16.9 Å². The number of hydrogen-bond donors (Lipinski definition) is 0. The van der Waals surface area contributed by atoms with E-state index in [2.05, 4.69) is 11.1 Å². The van der Waals surface area contributed by atoms with Crippen LogP contribution in [0, 0.1) is 0 Å². The molecule has 1 unspecified atom stereocenters. The van der Waals surface area contributed by atoms with E-state index < -0.39 is 0 Å². The summed E-state index contributed by atoms with van der Waals surface area (Å²) in [6.07, 6.45) is 7.71. The monoisotopic (exact) mass is 237 g/mol. The molecule has 1 amide bonds. The summed E-state index contributed by atoms with van der Waals surface area (Å²) in [4.78, 5) is 18.6. The minimum Gasteiger partial charge on any atom is -0.323 e. The highest BCUT2D eigenvalue weighted by atomic mass is 16.2. The maximum Gasteiger partial charge on any atom is 0.257 e. The molecule has 2 aliphatic heterocycles. The number of amides is 1. The van der Waals surface area contributed by atoms with Gasteiger partial charge in [0.25, 0.3) is 5.91 Å². The number of aromatic nitrogens is 2. The highest BCUT2D eigenvalue weighted by molar-refractivity contribution is 5.99. The summed E-state index contributed by atoms with van der Waals surface area (Å²) in [5, 5.41) is 0. The molecule has 0 spiro atoms. The third-order valence-corrected chi connectivity index (χ3v) is 3.58. The number of benzene rings is 1. The molecule has 1 atom stereocenters. The van der Waals surface area contributed by atoms with E-state index in [1.54, 1.807) is 6.33 Å². The normalized spacial score (nSPS) is 20.3. The first kappa shape index (κ1) is 9.65. The maximum atomic E-state index is 12.5. The molecular formula is C14H11N3O. The Bertz CT molecular complexity index is 671. The van der Waals surface area contributed by atoms with Crippen LogP contribution in [0.25, 0.3) is 5.69 Å². The number of carbonyl (C=O) groups excluding carboxylic acids is 1. The van der Waals surface area contributed by atoms with Crippen molar-refractivity contribution in [2.45, 2.75) is 6.04 Å². The molecule has 4 rings (SSSR count). The van der Waals surface area contributed by atoms with Crippen molar-refractivity contribution in [3.05, 3.63) is 60.2 Å². The van der Waals surface area contributed by atoms with Gasteiger partial charge in [-0.2, -0.15) is 0 Å². The third-order valence-electron chi connectivity index (χ3n) is 3.58. The molecule has 0 fully saturated rings. The average Bonchev–Trinajstić information content (AvgIpc) is 3.04. The van der Waals surface area contributed by atoms with Gasteiger partial charge in [-0.15, -0.1) is 0 Å². The van der Waals surface area contributed by atoms with E-state index in [1.807, 2.05) is 46.0 Å². The largest absolute Gasteiger partial charge is 0.323 e. The first-order valence-corrected chi connectivity index (χ1v) is 5.95. The molecule has 1 aromatic carbocycles. The van der Waals surface area contributed by atoms with Gasteiger partial charge in [0.05, 0.1) is 35.5 Å². The lowest BCUT2D eigenvalue weighted by atomic mass is 10.1. The molecule has 0 radical (unpaired) electrons. The van der Waals surface area contributed by atoms with E-state index in [0.29, 0.717) is 6.54 Å². The zero-order valence-electron chi connectivity index (χ0n) is 9.65. The number of imidazole rings is 1. The van der Waals surface area contributed by atoms with Crippen LogP contribution >= 0.6 is 0 Å². The van der Waals surface area contributed by atoms with Crippen molar-refractivity contribution >= 4 is 5.91 Å². The number of nitrogens with zero attached hydrogens (tertiary/aromatic N) is 3. The van der Waals surface area contributed by atoms with Gasteiger partial charge >= 0.3 is 0 Å². The Kier molecular flexibility index (Phi) is 1.78. The predicted molar refractivity (Wildman–Crippen MR) is 66.5 cm³/mol. The first-order valence-electron chi connectivity index (χ1n) is 5.95. The number of hydrogen-bond acceptors (Lipinski definition) is 2. The standard InChI is InChI=1S/C14H11N3O/c18-14-10-4-1-2-5-11(10)17-9-15-8-13(17)12-6-3-7-16(12)14/h1-6,8-9,12H,7H2. The van der Waals surface area contributed by atoms with Gasteiger partial charge < -0.3 is 9.47 Å². The third kappa shape index (κ3) is 1.09. The molecular weight excluding hydrogens is 226 g/mol. The van der Waals surface area contributed by atoms with Crippen molar-refractivity contribution in [3.8, 4) is 5.69 Å². The van der Waals surface area contributed by atoms with Gasteiger partial charge in [0, 0.05) is 6.54 Å². The summed E-state index contributed by atoms with van der Waals surface area (Å²) in [7, 11) is 0. The molecule has 0 saturated carbocycles. The zero-order valence-corrected chi connectivity index (χ0v) is 9.65. The van der Waals surface area contributed by atoms with Crippen LogP contribution in [0.5, 0.6) is 0 Å². The van der Waals surface area contributed by atoms with E-state index in [-0.39, 0.29) is 11.9 Å². The minimum atomic E-state index is 0.00685. The molecule has 18 heavy (non-hydrogen) atoms. The van der Waals surface area contributed by atoms with Crippen LogP contribution in [0.2, 0.25) is 0 Å². The van der Waals surface area contributed by atoms with Crippen molar-refractivity contribution in [2.75, 3.05) is 6.54 Å². The van der Waals surface area contributed by atoms with Crippen molar-refractivity contribution < 1.29 is 4.79 Å². The summed E-state index contributed by atoms with van der Waals surface area (Å²) >= 11 is 0. The van der Waals surface area contributed by atoms with Gasteiger partial charge in [0.2, 0.25) is 0 Å². The molecule has 0 N–H and O–H groups in total. The summed E-state index contributed by atoms with van der Waals surface area (Å²) in [5.41, 5.74) is 2.70. The summed E-state index contributed by atoms with van der Waals surface area (Å²) in [6.45, 7) is 0.670. The molecule has 0 bridgehead atoms. The van der Waals surface area contributed by atoms with Crippen molar-refractivity contribution in [2.24, 2.45) is 0 Å². The molecule has 88 valence electrons. The van der Waals surface area contributed by atoms with Gasteiger partial charge in [-0.05, 0) is 12.1 Å². The Labute approximate surface area is 104 Å². The molecule has 3 heterocycles. The number of fused-ring (bicyclic) bond motifs is 5. The van der Waals surface area contributed by atoms with E-state index in [4.69, 9.17) is 0 Å². The van der Waals surface area contributed by atoms with E-state index >= 15 is 0 Å². The van der Waals surface area contributed by atoms with Gasteiger partial charge in [-0.3, -0.25) is 4.79 Å². The summed E-state index contributed by atoms with van der Waals surface area (Å²) in [6, 6.07) is 7.69. The van der Waals surface area contributed by atoms with Crippen LogP contribution in [0.3, 0.4) is 0 Å². The first-order chi connectivity index (χ1) is 8.86. The zero-order chi connectivity index (χ0) is 12.1. The second-order valence-electron chi connectivity index (χ2n) is 4.54. The minimum absolute atomic E-state index is 0.00685. The SMILES string of the molecule is O=C1c2ccccc2-n2cncc2C2C=CCN12. The number of para-hydroxylation sites is 1. The van der Waals surface area contributed by atoms with Crippen LogP contribution in [0.15, 0.2) is 48.9 Å². The average molecular weight is 237 g/mol. The fourth-order valence-corrected chi connectivity index (χ4v) is 2.73. The van der Waals surface area contributed by atoms with Gasteiger partial charge in [0.15, 0.2) is 0 Å². The van der Waals surface area contributed by atoms with Crippen molar-refractivity contribution in [3.63, 3.8) is 0 Å². The lowest BCUT2D eigenvalue weighted by Crippen LogP contribution is -2.30. The molecule has 4 nitrogen and oxygen atoms in total. The summed E-state index contributed by atoms with van der Waals surface area (Å²) < 4.78 is 2.01. The molecule has 0 aliphatic carbocycles. The molecule has 2 aromatic rings. The Morgan fingerprint density at radius 3 is 3.11 bits per heavy atom.